The molecular weight excluding hydrogens is 252 g/mol. The Kier molecular flexibility index (Phi) is 4.38. The topological polar surface area (TPSA) is 75.3 Å². The molecule has 2 aromatic rings. The van der Waals surface area contributed by atoms with E-state index in [1.165, 1.54) is 6.07 Å². The SMILES string of the molecule is Cc1cc(O)ccc1NC(=O)C(N)Cc1ccccc1. The van der Waals surface area contributed by atoms with Crippen molar-refractivity contribution in [2.24, 2.45) is 5.73 Å². The normalized spacial score (nSPS) is 11.9. The van der Waals surface area contributed by atoms with Crippen LogP contribution in [0.2, 0.25) is 0 Å². The lowest BCUT2D eigenvalue weighted by Crippen LogP contribution is -2.37. The van der Waals surface area contributed by atoms with E-state index in [-0.39, 0.29) is 11.7 Å². The third-order valence-electron chi connectivity index (χ3n) is 3.10. The molecular formula is C16H18N2O2. The molecule has 0 saturated heterocycles. The molecule has 2 rings (SSSR count). The first-order chi connectivity index (χ1) is 9.56. The molecule has 0 aliphatic carbocycles. The Bertz CT molecular complexity index is 597. The summed E-state index contributed by atoms with van der Waals surface area (Å²) in [6, 6.07) is 13.8. The molecule has 0 aromatic heterocycles. The number of aryl methyl sites for hydroxylation is 1. The van der Waals surface area contributed by atoms with Crippen LogP contribution in [-0.2, 0) is 11.2 Å². The minimum atomic E-state index is -0.606. The Labute approximate surface area is 118 Å². The molecule has 0 heterocycles. The van der Waals surface area contributed by atoms with Gasteiger partial charge >= 0.3 is 0 Å². The molecule has 1 atom stereocenters. The Morgan fingerprint density at radius 1 is 1.25 bits per heavy atom. The summed E-state index contributed by atoms with van der Waals surface area (Å²) in [6.07, 6.45) is 0.490. The Hall–Kier alpha value is -2.33. The first-order valence-corrected chi connectivity index (χ1v) is 6.46. The average Bonchev–Trinajstić information content (AvgIpc) is 2.43. The Balaban J connectivity index is 2.01. The summed E-state index contributed by atoms with van der Waals surface area (Å²) in [5.41, 5.74) is 8.40. The molecule has 0 bridgehead atoms. The zero-order valence-electron chi connectivity index (χ0n) is 11.3. The summed E-state index contributed by atoms with van der Waals surface area (Å²) in [7, 11) is 0. The first-order valence-electron chi connectivity index (χ1n) is 6.46. The number of carbonyl (C=O) groups excluding carboxylic acids is 1. The highest BCUT2D eigenvalue weighted by molar-refractivity contribution is 5.95. The van der Waals surface area contributed by atoms with Gasteiger partial charge in [0.25, 0.3) is 0 Å². The molecule has 104 valence electrons. The largest absolute Gasteiger partial charge is 0.508 e. The molecule has 1 unspecified atom stereocenters. The smallest absolute Gasteiger partial charge is 0.241 e. The predicted molar refractivity (Wildman–Crippen MR) is 79.6 cm³/mol. The van der Waals surface area contributed by atoms with Crippen molar-refractivity contribution in [3.63, 3.8) is 0 Å². The summed E-state index contributed by atoms with van der Waals surface area (Å²) in [5, 5.41) is 12.1. The zero-order chi connectivity index (χ0) is 14.5. The van der Waals surface area contributed by atoms with E-state index >= 15 is 0 Å². The molecule has 0 saturated carbocycles. The summed E-state index contributed by atoms with van der Waals surface area (Å²) in [4.78, 5) is 12.1. The summed E-state index contributed by atoms with van der Waals surface area (Å²) in [6.45, 7) is 1.82. The number of aromatic hydroxyl groups is 1. The van der Waals surface area contributed by atoms with E-state index in [0.717, 1.165) is 11.1 Å². The van der Waals surface area contributed by atoms with Crippen LogP contribution < -0.4 is 11.1 Å². The van der Waals surface area contributed by atoms with E-state index in [1.807, 2.05) is 37.3 Å². The van der Waals surface area contributed by atoms with Gasteiger partial charge < -0.3 is 16.2 Å². The maximum Gasteiger partial charge on any atom is 0.241 e. The van der Waals surface area contributed by atoms with E-state index in [9.17, 15) is 9.90 Å². The van der Waals surface area contributed by atoms with Crippen molar-refractivity contribution < 1.29 is 9.90 Å². The van der Waals surface area contributed by atoms with Crippen molar-refractivity contribution in [2.45, 2.75) is 19.4 Å². The second-order valence-corrected chi connectivity index (χ2v) is 4.78. The third kappa shape index (κ3) is 3.59. The highest BCUT2D eigenvalue weighted by atomic mass is 16.3. The van der Waals surface area contributed by atoms with Crippen molar-refractivity contribution >= 4 is 11.6 Å². The van der Waals surface area contributed by atoms with Crippen LogP contribution in [-0.4, -0.2) is 17.1 Å². The van der Waals surface area contributed by atoms with Crippen LogP contribution in [0.15, 0.2) is 48.5 Å². The van der Waals surface area contributed by atoms with Crippen molar-refractivity contribution in [3.8, 4) is 5.75 Å². The highest BCUT2D eigenvalue weighted by Crippen LogP contribution is 2.20. The number of amides is 1. The van der Waals surface area contributed by atoms with E-state index < -0.39 is 6.04 Å². The molecule has 2 aromatic carbocycles. The number of anilines is 1. The fraction of sp³-hybridized carbons (Fsp3) is 0.188. The lowest BCUT2D eigenvalue weighted by atomic mass is 10.1. The van der Waals surface area contributed by atoms with Gasteiger partial charge in [0.2, 0.25) is 5.91 Å². The minimum Gasteiger partial charge on any atom is -0.508 e. The standard InChI is InChI=1S/C16H18N2O2/c1-11-9-13(19)7-8-15(11)18-16(20)14(17)10-12-5-3-2-4-6-12/h2-9,14,19H,10,17H2,1H3,(H,18,20). The molecule has 4 heteroatoms. The van der Waals surface area contributed by atoms with Crippen molar-refractivity contribution in [3.05, 3.63) is 59.7 Å². The number of benzene rings is 2. The molecule has 0 radical (unpaired) electrons. The molecule has 4 nitrogen and oxygen atoms in total. The fourth-order valence-electron chi connectivity index (χ4n) is 1.97. The monoisotopic (exact) mass is 270 g/mol. The second kappa shape index (κ2) is 6.21. The predicted octanol–water partition coefficient (Wildman–Crippen LogP) is 2.21. The van der Waals surface area contributed by atoms with Gasteiger partial charge in [-0.3, -0.25) is 4.79 Å². The lowest BCUT2D eigenvalue weighted by Gasteiger charge is -2.14. The molecule has 0 fully saturated rings. The minimum absolute atomic E-state index is 0.175. The van der Waals surface area contributed by atoms with E-state index in [1.54, 1.807) is 12.1 Å². The van der Waals surface area contributed by atoms with Crippen molar-refractivity contribution in [1.82, 2.24) is 0 Å². The number of phenols is 1. The lowest BCUT2D eigenvalue weighted by molar-refractivity contribution is -0.117. The quantitative estimate of drug-likeness (QED) is 0.746. The molecule has 1 amide bonds. The summed E-state index contributed by atoms with van der Waals surface area (Å²) >= 11 is 0. The van der Waals surface area contributed by atoms with Crippen molar-refractivity contribution in [1.29, 1.82) is 0 Å². The molecule has 0 aliphatic rings. The number of phenolic OH excluding ortho intramolecular Hbond substituents is 1. The first kappa shape index (κ1) is 14.1. The van der Waals surface area contributed by atoms with Crippen LogP contribution in [0, 0.1) is 6.92 Å². The van der Waals surface area contributed by atoms with E-state index in [2.05, 4.69) is 5.32 Å². The van der Waals surface area contributed by atoms with Gasteiger partial charge in [0.1, 0.15) is 5.75 Å². The van der Waals surface area contributed by atoms with Crippen LogP contribution in [0.4, 0.5) is 5.69 Å². The van der Waals surface area contributed by atoms with E-state index in [0.29, 0.717) is 12.1 Å². The zero-order valence-corrected chi connectivity index (χ0v) is 11.3. The van der Waals surface area contributed by atoms with Crippen LogP contribution in [0.3, 0.4) is 0 Å². The van der Waals surface area contributed by atoms with Crippen LogP contribution in [0.5, 0.6) is 5.75 Å². The molecule has 0 aliphatic heterocycles. The molecule has 20 heavy (non-hydrogen) atoms. The number of carbonyl (C=O) groups is 1. The number of nitrogens with two attached hydrogens (primary N) is 1. The third-order valence-corrected chi connectivity index (χ3v) is 3.10. The number of nitrogens with one attached hydrogen (secondary N) is 1. The average molecular weight is 270 g/mol. The summed E-state index contributed by atoms with van der Waals surface area (Å²) in [5.74, 6) is -0.0586. The second-order valence-electron chi connectivity index (χ2n) is 4.78. The van der Waals surface area contributed by atoms with Gasteiger partial charge in [0.05, 0.1) is 6.04 Å². The maximum absolute atomic E-state index is 12.1. The number of hydrogen-bond donors (Lipinski definition) is 3. The van der Waals surface area contributed by atoms with Gasteiger partial charge in [-0.05, 0) is 42.7 Å². The van der Waals surface area contributed by atoms with Gasteiger partial charge in [-0.15, -0.1) is 0 Å². The van der Waals surface area contributed by atoms with Crippen LogP contribution >= 0.6 is 0 Å². The van der Waals surface area contributed by atoms with Gasteiger partial charge in [-0.2, -0.15) is 0 Å². The molecule has 4 N–H and O–H groups in total. The van der Waals surface area contributed by atoms with Gasteiger partial charge in [-0.25, -0.2) is 0 Å². The van der Waals surface area contributed by atoms with Crippen LogP contribution in [0.1, 0.15) is 11.1 Å². The fourth-order valence-corrected chi connectivity index (χ4v) is 1.97. The van der Waals surface area contributed by atoms with Crippen molar-refractivity contribution in [2.75, 3.05) is 5.32 Å². The maximum atomic E-state index is 12.1. The van der Waals surface area contributed by atoms with Crippen LogP contribution in [0.25, 0.3) is 0 Å². The number of hydrogen-bond acceptors (Lipinski definition) is 3. The number of rotatable bonds is 4. The Morgan fingerprint density at radius 2 is 1.95 bits per heavy atom. The van der Waals surface area contributed by atoms with Gasteiger partial charge in [0.15, 0.2) is 0 Å². The van der Waals surface area contributed by atoms with E-state index in [4.69, 9.17) is 5.73 Å². The Morgan fingerprint density at radius 3 is 2.60 bits per heavy atom. The van der Waals surface area contributed by atoms with Gasteiger partial charge in [-0.1, -0.05) is 30.3 Å². The van der Waals surface area contributed by atoms with Gasteiger partial charge in [0, 0.05) is 5.69 Å². The highest BCUT2D eigenvalue weighted by Gasteiger charge is 2.15. The summed E-state index contributed by atoms with van der Waals surface area (Å²) < 4.78 is 0. The molecule has 0 spiro atoms.